The lowest BCUT2D eigenvalue weighted by atomic mass is 10.2. The molecule has 2 aromatic rings. The van der Waals surface area contributed by atoms with Gasteiger partial charge in [-0.3, -0.25) is 14.6 Å². The van der Waals surface area contributed by atoms with Crippen LogP contribution in [-0.4, -0.2) is 29.9 Å². The molecule has 1 aromatic heterocycles. The van der Waals surface area contributed by atoms with Crippen LogP contribution in [-0.2, 0) is 0 Å². The molecule has 0 atom stereocenters. The second-order valence-electron chi connectivity index (χ2n) is 5.06. The maximum Gasteiger partial charge on any atom is 0.252 e. The summed E-state index contributed by atoms with van der Waals surface area (Å²) < 4.78 is 0.933. The third-order valence-electron chi connectivity index (χ3n) is 3.20. The molecule has 23 heavy (non-hydrogen) atoms. The van der Waals surface area contributed by atoms with Gasteiger partial charge in [0.25, 0.3) is 11.8 Å². The normalized spacial score (nSPS) is 10.2. The first-order chi connectivity index (χ1) is 11.1. The highest BCUT2D eigenvalue weighted by Crippen LogP contribution is 2.10. The van der Waals surface area contributed by atoms with Crippen LogP contribution in [0.25, 0.3) is 0 Å². The predicted molar refractivity (Wildman–Crippen MR) is 92.4 cm³/mol. The monoisotopic (exact) mass is 375 g/mol. The van der Waals surface area contributed by atoms with Gasteiger partial charge < -0.3 is 10.6 Å². The number of hydrogen-bond acceptors (Lipinski definition) is 3. The van der Waals surface area contributed by atoms with Crippen molar-refractivity contribution in [1.82, 2.24) is 15.6 Å². The summed E-state index contributed by atoms with van der Waals surface area (Å²) in [6.45, 7) is 2.87. The molecule has 2 rings (SSSR count). The van der Waals surface area contributed by atoms with E-state index in [9.17, 15) is 9.59 Å². The maximum absolute atomic E-state index is 11.9. The van der Waals surface area contributed by atoms with Crippen LogP contribution in [0.2, 0.25) is 0 Å². The lowest BCUT2D eigenvalue weighted by Gasteiger charge is -2.07. The second kappa shape index (κ2) is 8.43. The Bertz CT molecular complexity index is 610. The summed E-state index contributed by atoms with van der Waals surface area (Å²) in [7, 11) is 0. The first-order valence-corrected chi connectivity index (χ1v) is 8.10. The minimum atomic E-state index is -0.156. The molecule has 0 aliphatic rings. The van der Waals surface area contributed by atoms with Crippen LogP contribution in [0.5, 0.6) is 0 Å². The zero-order chi connectivity index (χ0) is 16.7. The van der Waals surface area contributed by atoms with Crippen LogP contribution in [0.15, 0.2) is 47.1 Å². The Balaban J connectivity index is 1.67. The van der Waals surface area contributed by atoms with Crippen LogP contribution in [0, 0.1) is 6.92 Å². The number of nitrogens with zero attached hydrogens (tertiary/aromatic N) is 1. The summed E-state index contributed by atoms with van der Waals surface area (Å²) >= 11 is 3.33. The van der Waals surface area contributed by atoms with Crippen molar-refractivity contribution < 1.29 is 9.59 Å². The molecular formula is C17H18BrN3O2. The van der Waals surface area contributed by atoms with Gasteiger partial charge in [0, 0.05) is 35.0 Å². The first-order valence-electron chi connectivity index (χ1n) is 7.31. The summed E-state index contributed by atoms with van der Waals surface area (Å²) in [4.78, 5) is 27.8. The third kappa shape index (κ3) is 5.49. The minimum absolute atomic E-state index is 0.119. The number of halogens is 1. The number of aromatic nitrogens is 1. The molecule has 1 heterocycles. The van der Waals surface area contributed by atoms with Crippen molar-refractivity contribution in [1.29, 1.82) is 0 Å². The average molecular weight is 376 g/mol. The number of pyridine rings is 1. The van der Waals surface area contributed by atoms with Crippen LogP contribution in [0.3, 0.4) is 0 Å². The largest absolute Gasteiger partial charge is 0.352 e. The third-order valence-corrected chi connectivity index (χ3v) is 3.73. The fourth-order valence-corrected chi connectivity index (χ4v) is 2.16. The Hall–Kier alpha value is -2.21. The van der Waals surface area contributed by atoms with Crippen molar-refractivity contribution in [3.8, 4) is 0 Å². The number of benzene rings is 1. The molecule has 0 saturated carbocycles. The Morgan fingerprint density at radius 3 is 2.09 bits per heavy atom. The molecule has 0 fully saturated rings. The summed E-state index contributed by atoms with van der Waals surface area (Å²) in [5, 5.41) is 5.62. The minimum Gasteiger partial charge on any atom is -0.352 e. The average Bonchev–Trinajstić information content (AvgIpc) is 2.55. The summed E-state index contributed by atoms with van der Waals surface area (Å²) in [6, 6.07) is 10.7. The van der Waals surface area contributed by atoms with Gasteiger partial charge in [-0.05, 0) is 49.7 Å². The van der Waals surface area contributed by atoms with Gasteiger partial charge in [0.15, 0.2) is 0 Å². The molecule has 5 nitrogen and oxygen atoms in total. The number of aryl methyl sites for hydroxylation is 1. The lowest BCUT2D eigenvalue weighted by molar-refractivity contribution is 0.0951. The van der Waals surface area contributed by atoms with Gasteiger partial charge in [-0.15, -0.1) is 0 Å². The molecular weight excluding hydrogens is 358 g/mol. The van der Waals surface area contributed by atoms with Gasteiger partial charge in [0.2, 0.25) is 0 Å². The lowest BCUT2D eigenvalue weighted by Crippen LogP contribution is -2.29. The van der Waals surface area contributed by atoms with Gasteiger partial charge in [-0.2, -0.15) is 0 Å². The zero-order valence-corrected chi connectivity index (χ0v) is 14.4. The molecule has 2 amide bonds. The van der Waals surface area contributed by atoms with Crippen molar-refractivity contribution >= 4 is 27.7 Å². The van der Waals surface area contributed by atoms with Gasteiger partial charge in [0.1, 0.15) is 0 Å². The molecule has 1 aromatic carbocycles. The van der Waals surface area contributed by atoms with E-state index >= 15 is 0 Å². The molecule has 0 saturated heterocycles. The van der Waals surface area contributed by atoms with Crippen molar-refractivity contribution in [2.24, 2.45) is 0 Å². The standard InChI is InChI=1S/C17H18BrN3O2/c1-12-3-4-14(11-21-12)17(23)20-10-2-9-19-16(22)13-5-7-15(18)8-6-13/h3-8,11H,2,9-10H2,1H3,(H,19,22)(H,20,23). The Morgan fingerprint density at radius 1 is 0.957 bits per heavy atom. The van der Waals surface area contributed by atoms with E-state index in [2.05, 4.69) is 31.5 Å². The molecule has 0 unspecified atom stereocenters. The zero-order valence-electron chi connectivity index (χ0n) is 12.8. The van der Waals surface area contributed by atoms with E-state index in [1.807, 2.05) is 19.1 Å². The van der Waals surface area contributed by atoms with E-state index in [1.54, 1.807) is 30.5 Å². The van der Waals surface area contributed by atoms with E-state index < -0.39 is 0 Å². The molecule has 0 bridgehead atoms. The Kier molecular flexibility index (Phi) is 6.29. The summed E-state index contributed by atoms with van der Waals surface area (Å²) in [5.74, 6) is -0.275. The van der Waals surface area contributed by atoms with Gasteiger partial charge >= 0.3 is 0 Å². The van der Waals surface area contributed by atoms with E-state index in [0.717, 1.165) is 10.2 Å². The second-order valence-corrected chi connectivity index (χ2v) is 5.98. The number of rotatable bonds is 6. The van der Waals surface area contributed by atoms with Crippen LogP contribution < -0.4 is 10.6 Å². The molecule has 0 spiro atoms. The molecule has 120 valence electrons. The Morgan fingerprint density at radius 2 is 1.52 bits per heavy atom. The van der Waals surface area contributed by atoms with Crippen molar-refractivity contribution in [2.45, 2.75) is 13.3 Å². The summed E-state index contributed by atoms with van der Waals surface area (Å²) in [6.07, 6.45) is 2.22. The van der Waals surface area contributed by atoms with Gasteiger partial charge in [0.05, 0.1) is 5.56 Å². The number of carbonyl (C=O) groups is 2. The highest BCUT2D eigenvalue weighted by molar-refractivity contribution is 9.10. The maximum atomic E-state index is 11.9. The van der Waals surface area contributed by atoms with Gasteiger partial charge in [-0.1, -0.05) is 15.9 Å². The van der Waals surface area contributed by atoms with Crippen LogP contribution >= 0.6 is 15.9 Å². The van der Waals surface area contributed by atoms with Crippen molar-refractivity contribution in [3.05, 3.63) is 63.9 Å². The first kappa shape index (κ1) is 17.1. The predicted octanol–water partition coefficient (Wildman–Crippen LogP) is 2.70. The number of carbonyl (C=O) groups excluding carboxylic acids is 2. The quantitative estimate of drug-likeness (QED) is 0.762. The number of amides is 2. The molecule has 0 aliphatic heterocycles. The van der Waals surface area contributed by atoms with E-state index in [4.69, 9.17) is 0 Å². The fraction of sp³-hybridized carbons (Fsp3) is 0.235. The van der Waals surface area contributed by atoms with Crippen molar-refractivity contribution in [3.63, 3.8) is 0 Å². The molecule has 0 radical (unpaired) electrons. The molecule has 0 aliphatic carbocycles. The Labute approximate surface area is 143 Å². The number of hydrogen-bond donors (Lipinski definition) is 2. The van der Waals surface area contributed by atoms with Crippen LogP contribution in [0.4, 0.5) is 0 Å². The fourth-order valence-electron chi connectivity index (χ4n) is 1.90. The smallest absolute Gasteiger partial charge is 0.252 e. The summed E-state index contributed by atoms with van der Waals surface area (Å²) in [5.41, 5.74) is 2.02. The molecule has 6 heteroatoms. The van der Waals surface area contributed by atoms with Crippen molar-refractivity contribution in [2.75, 3.05) is 13.1 Å². The van der Waals surface area contributed by atoms with Gasteiger partial charge in [-0.25, -0.2) is 0 Å². The topological polar surface area (TPSA) is 71.1 Å². The van der Waals surface area contributed by atoms with E-state index in [1.165, 1.54) is 0 Å². The van der Waals surface area contributed by atoms with E-state index in [-0.39, 0.29) is 11.8 Å². The number of nitrogens with one attached hydrogen (secondary N) is 2. The van der Waals surface area contributed by atoms with Crippen LogP contribution in [0.1, 0.15) is 32.8 Å². The SMILES string of the molecule is Cc1ccc(C(=O)NCCCNC(=O)c2ccc(Br)cc2)cn1. The molecule has 2 N–H and O–H groups in total. The highest BCUT2D eigenvalue weighted by Gasteiger charge is 2.06. The highest BCUT2D eigenvalue weighted by atomic mass is 79.9. The van der Waals surface area contributed by atoms with E-state index in [0.29, 0.717) is 30.6 Å².